The lowest BCUT2D eigenvalue weighted by Crippen LogP contribution is -2.43. The van der Waals surface area contributed by atoms with Crippen LogP contribution < -0.4 is 16.0 Å². The van der Waals surface area contributed by atoms with Gasteiger partial charge in [-0.15, -0.1) is 23.7 Å². The zero-order valence-electron chi connectivity index (χ0n) is 20.4. The van der Waals surface area contributed by atoms with Gasteiger partial charge in [-0.2, -0.15) is 4.98 Å². The van der Waals surface area contributed by atoms with Gasteiger partial charge in [0.15, 0.2) is 0 Å². The number of nitrogens with zero attached hydrogens (tertiary/aromatic N) is 4. The monoisotopic (exact) mass is 533 g/mol. The van der Waals surface area contributed by atoms with Crippen LogP contribution >= 0.6 is 23.7 Å². The van der Waals surface area contributed by atoms with Crippen LogP contribution in [-0.2, 0) is 4.79 Å². The molecule has 36 heavy (non-hydrogen) atoms. The number of halogens is 1. The van der Waals surface area contributed by atoms with Gasteiger partial charge in [-0.3, -0.25) is 9.78 Å². The third kappa shape index (κ3) is 5.24. The predicted molar refractivity (Wildman–Crippen MR) is 142 cm³/mol. The number of anilines is 2. The molecule has 0 saturated heterocycles. The fourth-order valence-corrected chi connectivity index (χ4v) is 5.78. The molecule has 0 radical (unpaired) electrons. The second-order valence-electron chi connectivity index (χ2n) is 9.45. The standard InChI is InChI=1S/C24H31N7O3S.ClH/c1-4-26-22(34)14-9-16(32)20(33)19(14)30-21-18(23-29-15-10-25-8-7-17(15)35-23)12(3)28-24(31-21)27-11(2)13-5-6-13;/h7-8,10-11,13-14,16,19-20,32-33H,4-6,9H2,1-3H3,(H,26,34)(H2,27,28,30,31);1H/t11-,14-,16-,19-,20-;/m1./s1. The number of amides is 1. The normalized spacial score (nSPS) is 24.2. The molecule has 3 aromatic rings. The number of pyridine rings is 1. The Morgan fingerprint density at radius 1 is 1.25 bits per heavy atom. The summed E-state index contributed by atoms with van der Waals surface area (Å²) in [6.07, 6.45) is 3.87. The van der Waals surface area contributed by atoms with Crippen LogP contribution in [0.25, 0.3) is 20.8 Å². The van der Waals surface area contributed by atoms with Crippen molar-refractivity contribution in [2.24, 2.45) is 11.8 Å². The van der Waals surface area contributed by atoms with Gasteiger partial charge >= 0.3 is 0 Å². The first-order chi connectivity index (χ1) is 16.9. The molecule has 0 bridgehead atoms. The van der Waals surface area contributed by atoms with Gasteiger partial charge in [0.2, 0.25) is 11.9 Å². The molecule has 2 aliphatic carbocycles. The van der Waals surface area contributed by atoms with Gasteiger partial charge in [0, 0.05) is 18.8 Å². The summed E-state index contributed by atoms with van der Waals surface area (Å²) in [7, 11) is 0. The van der Waals surface area contributed by atoms with E-state index < -0.39 is 24.2 Å². The molecule has 3 heterocycles. The molecule has 2 saturated carbocycles. The first-order valence-electron chi connectivity index (χ1n) is 12.1. The molecule has 194 valence electrons. The number of carbonyl (C=O) groups excluding carboxylic acids is 1. The zero-order valence-corrected chi connectivity index (χ0v) is 22.1. The van der Waals surface area contributed by atoms with Crippen molar-refractivity contribution in [1.29, 1.82) is 0 Å². The molecule has 2 aliphatic rings. The number of carbonyl (C=O) groups is 1. The van der Waals surface area contributed by atoms with Crippen molar-refractivity contribution >= 4 is 51.6 Å². The lowest BCUT2D eigenvalue weighted by Gasteiger charge is -2.25. The van der Waals surface area contributed by atoms with E-state index in [1.807, 2.05) is 19.9 Å². The van der Waals surface area contributed by atoms with Crippen molar-refractivity contribution in [3.63, 3.8) is 0 Å². The van der Waals surface area contributed by atoms with E-state index in [0.29, 0.717) is 29.8 Å². The lowest BCUT2D eigenvalue weighted by atomic mass is 10.0. The van der Waals surface area contributed by atoms with Gasteiger partial charge in [-0.05, 0) is 52.0 Å². The molecule has 5 N–H and O–H groups in total. The summed E-state index contributed by atoms with van der Waals surface area (Å²) in [5.74, 6) is 0.755. The van der Waals surface area contributed by atoms with Gasteiger partial charge < -0.3 is 26.2 Å². The highest BCUT2D eigenvalue weighted by atomic mass is 35.5. The molecule has 0 aliphatic heterocycles. The summed E-state index contributed by atoms with van der Waals surface area (Å²) < 4.78 is 0.987. The first-order valence-corrected chi connectivity index (χ1v) is 12.9. The van der Waals surface area contributed by atoms with Gasteiger partial charge in [0.1, 0.15) is 22.4 Å². The Morgan fingerprint density at radius 3 is 2.72 bits per heavy atom. The van der Waals surface area contributed by atoms with Crippen LogP contribution in [0.5, 0.6) is 0 Å². The van der Waals surface area contributed by atoms with Crippen LogP contribution in [0.2, 0.25) is 0 Å². The molecule has 12 heteroatoms. The molecule has 2 fully saturated rings. The van der Waals surface area contributed by atoms with Crippen molar-refractivity contribution in [1.82, 2.24) is 25.3 Å². The maximum absolute atomic E-state index is 12.7. The van der Waals surface area contributed by atoms with Crippen molar-refractivity contribution in [2.45, 2.75) is 64.3 Å². The number of thiazole rings is 1. The molecule has 3 aromatic heterocycles. The van der Waals surface area contributed by atoms with E-state index in [2.05, 4.69) is 27.9 Å². The van der Waals surface area contributed by atoms with Crippen LogP contribution in [0.3, 0.4) is 0 Å². The lowest BCUT2D eigenvalue weighted by molar-refractivity contribution is -0.125. The molecule has 10 nitrogen and oxygen atoms in total. The van der Waals surface area contributed by atoms with Gasteiger partial charge in [-0.25, -0.2) is 9.97 Å². The smallest absolute Gasteiger partial charge is 0.225 e. The minimum Gasteiger partial charge on any atom is -0.390 e. The van der Waals surface area contributed by atoms with Gasteiger partial charge in [0.25, 0.3) is 0 Å². The number of aliphatic hydroxyl groups excluding tert-OH is 2. The Balaban J connectivity index is 0.00000304. The number of nitrogens with one attached hydrogen (secondary N) is 3. The Bertz CT molecular complexity index is 1200. The Hall–Kier alpha value is -2.60. The second-order valence-corrected chi connectivity index (χ2v) is 10.5. The van der Waals surface area contributed by atoms with Crippen molar-refractivity contribution in [3.8, 4) is 10.6 Å². The van der Waals surface area contributed by atoms with E-state index in [1.165, 1.54) is 24.2 Å². The molecule has 1 amide bonds. The van der Waals surface area contributed by atoms with Crippen LogP contribution in [0.1, 0.15) is 38.8 Å². The van der Waals surface area contributed by atoms with E-state index in [9.17, 15) is 15.0 Å². The maximum Gasteiger partial charge on any atom is 0.225 e. The Labute approximate surface area is 219 Å². The number of aryl methyl sites for hydroxylation is 1. The first kappa shape index (κ1) is 26.5. The van der Waals surface area contributed by atoms with Crippen molar-refractivity contribution in [3.05, 3.63) is 24.2 Å². The number of aromatic nitrogens is 4. The van der Waals surface area contributed by atoms with E-state index in [1.54, 1.807) is 12.4 Å². The molecule has 0 aromatic carbocycles. The third-order valence-electron chi connectivity index (χ3n) is 6.86. The summed E-state index contributed by atoms with van der Waals surface area (Å²) in [6, 6.07) is 1.44. The number of hydrogen-bond donors (Lipinski definition) is 5. The maximum atomic E-state index is 12.7. The fraction of sp³-hybridized carbons (Fsp3) is 0.542. The summed E-state index contributed by atoms with van der Waals surface area (Å²) in [5, 5.41) is 31.4. The Kier molecular flexibility index (Phi) is 7.93. The van der Waals surface area contributed by atoms with Crippen LogP contribution in [-0.4, -0.2) is 66.9 Å². The average Bonchev–Trinajstić information content (AvgIpc) is 3.53. The van der Waals surface area contributed by atoms with E-state index in [0.717, 1.165) is 20.9 Å². The molecule has 5 rings (SSSR count). The van der Waals surface area contributed by atoms with Crippen LogP contribution in [0.4, 0.5) is 11.8 Å². The largest absolute Gasteiger partial charge is 0.390 e. The van der Waals surface area contributed by atoms with Gasteiger partial charge in [-0.1, -0.05) is 0 Å². The summed E-state index contributed by atoms with van der Waals surface area (Å²) >= 11 is 1.51. The number of fused-ring (bicyclic) bond motifs is 1. The van der Waals surface area contributed by atoms with E-state index in [-0.39, 0.29) is 30.8 Å². The SMILES string of the molecule is CCNC(=O)[C@@H]1C[C@@H](O)[C@@H](O)[C@@H]1Nc1nc(N[C@H](C)C2CC2)nc(C)c1-c1nc2cnccc2s1.Cl. The minimum atomic E-state index is -1.12. The summed E-state index contributed by atoms with van der Waals surface area (Å²) in [5.41, 5.74) is 2.21. The van der Waals surface area contributed by atoms with Crippen LogP contribution in [0.15, 0.2) is 18.5 Å². The van der Waals surface area contributed by atoms with Gasteiger partial charge in [0.05, 0.1) is 40.2 Å². The highest BCUT2D eigenvalue weighted by Crippen LogP contribution is 2.39. The predicted octanol–water partition coefficient (Wildman–Crippen LogP) is 2.75. The number of rotatable bonds is 8. The van der Waals surface area contributed by atoms with Crippen LogP contribution in [0, 0.1) is 18.8 Å². The second kappa shape index (κ2) is 10.8. The molecule has 0 unspecified atom stereocenters. The summed E-state index contributed by atoms with van der Waals surface area (Å²) in [4.78, 5) is 31.2. The third-order valence-corrected chi connectivity index (χ3v) is 7.92. The van der Waals surface area contributed by atoms with E-state index in [4.69, 9.17) is 15.0 Å². The molecular weight excluding hydrogens is 502 g/mol. The summed E-state index contributed by atoms with van der Waals surface area (Å²) in [6.45, 7) is 6.34. The van der Waals surface area contributed by atoms with Crippen molar-refractivity contribution in [2.75, 3.05) is 17.2 Å². The van der Waals surface area contributed by atoms with E-state index >= 15 is 0 Å². The molecule has 0 spiro atoms. The molecular formula is C24H32ClN7O3S. The fourth-order valence-electron chi connectivity index (χ4n) is 4.75. The minimum absolute atomic E-state index is 0. The topological polar surface area (TPSA) is 145 Å². The zero-order chi connectivity index (χ0) is 24.7. The average molecular weight is 534 g/mol. The quantitative estimate of drug-likeness (QED) is 0.295. The number of aliphatic hydroxyl groups is 2. The number of hydrogen-bond acceptors (Lipinski definition) is 10. The molecule has 5 atom stereocenters. The highest BCUT2D eigenvalue weighted by Gasteiger charge is 2.45. The van der Waals surface area contributed by atoms with Crippen molar-refractivity contribution < 1.29 is 15.0 Å². The Morgan fingerprint density at radius 2 is 2.03 bits per heavy atom. The highest BCUT2D eigenvalue weighted by molar-refractivity contribution is 7.21.